The standard InChI is InChI=1S/C16H15NO4/c1-9-3-2-4-10(7-9)17-8-16-6-5-11(21-16)12(15(19)20)13(16)14(17)18/h2-7,11-13H,8H2,1H3,(H,19,20)/p-1/t11-,12-,13+,16-/m0/s1. The van der Waals surface area contributed by atoms with Crippen LogP contribution < -0.4 is 10.0 Å². The molecule has 3 aliphatic heterocycles. The number of carbonyl (C=O) groups excluding carboxylic acids is 2. The highest BCUT2D eigenvalue weighted by Crippen LogP contribution is 2.52. The van der Waals surface area contributed by atoms with Gasteiger partial charge in [0.05, 0.1) is 18.6 Å². The van der Waals surface area contributed by atoms with Crippen molar-refractivity contribution in [2.45, 2.75) is 18.6 Å². The summed E-state index contributed by atoms with van der Waals surface area (Å²) in [4.78, 5) is 25.7. The first-order valence-electron chi connectivity index (χ1n) is 6.98. The number of aryl methyl sites for hydroxylation is 1. The Balaban J connectivity index is 1.75. The third kappa shape index (κ3) is 1.55. The van der Waals surface area contributed by atoms with Gasteiger partial charge in [-0.1, -0.05) is 24.3 Å². The normalized spacial score (nSPS) is 36.3. The van der Waals surface area contributed by atoms with E-state index in [9.17, 15) is 14.7 Å². The highest BCUT2D eigenvalue weighted by molar-refractivity contribution is 6.02. The zero-order chi connectivity index (χ0) is 14.8. The molecule has 0 aliphatic carbocycles. The molecule has 3 aliphatic rings. The molecule has 5 nitrogen and oxygen atoms in total. The first-order valence-corrected chi connectivity index (χ1v) is 6.98. The highest BCUT2D eigenvalue weighted by atomic mass is 16.5. The van der Waals surface area contributed by atoms with Crippen molar-refractivity contribution in [3.63, 3.8) is 0 Å². The topological polar surface area (TPSA) is 69.7 Å². The predicted octanol–water partition coefficient (Wildman–Crippen LogP) is 0.0313. The largest absolute Gasteiger partial charge is 0.550 e. The quantitative estimate of drug-likeness (QED) is 0.719. The van der Waals surface area contributed by atoms with Crippen LogP contribution in [0, 0.1) is 18.8 Å². The van der Waals surface area contributed by atoms with E-state index in [0.29, 0.717) is 6.54 Å². The number of carboxylic acids is 1. The SMILES string of the molecule is Cc1cccc(N2C[C@]34C=C[C@H](O3)[C@H](C(=O)[O-])[C@@H]4C2=O)c1. The molecule has 1 aromatic rings. The first-order chi connectivity index (χ1) is 10.0. The summed E-state index contributed by atoms with van der Waals surface area (Å²) in [6.45, 7) is 2.31. The smallest absolute Gasteiger partial charge is 0.234 e. The molecule has 1 amide bonds. The Kier molecular flexibility index (Phi) is 2.37. The minimum absolute atomic E-state index is 0.193. The summed E-state index contributed by atoms with van der Waals surface area (Å²) < 4.78 is 5.82. The molecular weight excluding hydrogens is 270 g/mol. The maximum atomic E-state index is 12.7. The second kappa shape index (κ2) is 3.95. The molecule has 4 atom stereocenters. The second-order valence-electron chi connectivity index (χ2n) is 5.98. The molecule has 4 rings (SSSR count). The van der Waals surface area contributed by atoms with Crippen molar-refractivity contribution < 1.29 is 19.4 Å². The molecule has 5 heteroatoms. The van der Waals surface area contributed by atoms with Gasteiger partial charge in [0.25, 0.3) is 0 Å². The van der Waals surface area contributed by atoms with Crippen LogP contribution in [-0.2, 0) is 14.3 Å². The number of aliphatic carboxylic acids is 1. The number of hydrogen-bond acceptors (Lipinski definition) is 4. The molecule has 0 saturated carbocycles. The molecule has 0 unspecified atom stereocenters. The monoisotopic (exact) mass is 284 g/mol. The lowest BCUT2D eigenvalue weighted by Crippen LogP contribution is -2.45. The van der Waals surface area contributed by atoms with E-state index in [0.717, 1.165) is 11.3 Å². The number of ether oxygens (including phenoxy) is 1. The lowest BCUT2D eigenvalue weighted by molar-refractivity contribution is -0.313. The van der Waals surface area contributed by atoms with Gasteiger partial charge in [-0.2, -0.15) is 0 Å². The Morgan fingerprint density at radius 2 is 2.29 bits per heavy atom. The third-order valence-electron chi connectivity index (χ3n) is 4.69. The van der Waals surface area contributed by atoms with Crippen LogP contribution in [0.1, 0.15) is 5.56 Å². The number of fused-ring (bicyclic) bond motifs is 1. The van der Waals surface area contributed by atoms with Gasteiger partial charge in [-0.3, -0.25) is 4.79 Å². The van der Waals surface area contributed by atoms with Gasteiger partial charge in [-0.05, 0) is 24.6 Å². The molecule has 108 valence electrons. The van der Waals surface area contributed by atoms with Gasteiger partial charge in [0.2, 0.25) is 5.91 Å². The van der Waals surface area contributed by atoms with Crippen LogP contribution in [0.5, 0.6) is 0 Å². The summed E-state index contributed by atoms with van der Waals surface area (Å²) in [5, 5.41) is 11.4. The number of carbonyl (C=O) groups is 2. The molecule has 2 fully saturated rings. The van der Waals surface area contributed by atoms with E-state index < -0.39 is 29.5 Å². The van der Waals surface area contributed by atoms with Gasteiger partial charge in [0.15, 0.2) is 0 Å². The molecule has 2 bridgehead atoms. The molecule has 21 heavy (non-hydrogen) atoms. The fourth-order valence-corrected chi connectivity index (χ4v) is 3.78. The van der Waals surface area contributed by atoms with E-state index in [4.69, 9.17) is 4.74 Å². The van der Waals surface area contributed by atoms with Crippen molar-refractivity contribution in [3.05, 3.63) is 42.0 Å². The van der Waals surface area contributed by atoms with Gasteiger partial charge in [0.1, 0.15) is 5.60 Å². The maximum Gasteiger partial charge on any atom is 0.234 e. The minimum atomic E-state index is -1.21. The van der Waals surface area contributed by atoms with Crippen LogP contribution in [0.2, 0.25) is 0 Å². The van der Waals surface area contributed by atoms with Crippen LogP contribution in [0.4, 0.5) is 5.69 Å². The fraction of sp³-hybridized carbons (Fsp3) is 0.375. The van der Waals surface area contributed by atoms with Crippen LogP contribution >= 0.6 is 0 Å². The Labute approximate surface area is 121 Å². The number of nitrogens with zero attached hydrogens (tertiary/aromatic N) is 1. The molecule has 0 aromatic heterocycles. The Bertz CT molecular complexity index is 683. The van der Waals surface area contributed by atoms with Crippen molar-refractivity contribution in [1.29, 1.82) is 0 Å². The van der Waals surface area contributed by atoms with E-state index in [1.54, 1.807) is 11.0 Å². The molecule has 0 radical (unpaired) electrons. The Morgan fingerprint density at radius 3 is 3.00 bits per heavy atom. The number of amides is 1. The molecular formula is C16H14NO4-. The molecule has 2 saturated heterocycles. The number of carboxylic acid groups (broad SMARTS) is 1. The average Bonchev–Trinajstić information content (AvgIpc) is 3.07. The van der Waals surface area contributed by atoms with E-state index in [2.05, 4.69) is 0 Å². The summed E-state index contributed by atoms with van der Waals surface area (Å²) >= 11 is 0. The number of hydrogen-bond donors (Lipinski definition) is 0. The van der Waals surface area contributed by atoms with Crippen molar-refractivity contribution in [1.82, 2.24) is 0 Å². The van der Waals surface area contributed by atoms with Crippen LogP contribution in [0.15, 0.2) is 36.4 Å². The van der Waals surface area contributed by atoms with E-state index in [-0.39, 0.29) is 5.91 Å². The molecule has 1 spiro atoms. The Hall–Kier alpha value is -2.14. The molecule has 0 N–H and O–H groups in total. The summed E-state index contributed by atoms with van der Waals surface area (Å²) in [5.74, 6) is -2.98. The molecule has 1 aromatic carbocycles. The maximum absolute atomic E-state index is 12.7. The van der Waals surface area contributed by atoms with Gasteiger partial charge >= 0.3 is 0 Å². The second-order valence-corrected chi connectivity index (χ2v) is 5.98. The summed E-state index contributed by atoms with van der Waals surface area (Å²) in [5.41, 5.74) is 1.02. The van der Waals surface area contributed by atoms with Crippen molar-refractivity contribution >= 4 is 17.6 Å². The van der Waals surface area contributed by atoms with E-state index in [1.165, 1.54) is 0 Å². The van der Waals surface area contributed by atoms with Gasteiger partial charge in [-0.25, -0.2) is 0 Å². The van der Waals surface area contributed by atoms with Gasteiger partial charge in [0, 0.05) is 17.6 Å². The Morgan fingerprint density at radius 1 is 1.48 bits per heavy atom. The predicted molar refractivity (Wildman–Crippen MR) is 72.3 cm³/mol. The lowest BCUT2D eigenvalue weighted by Gasteiger charge is -2.24. The number of anilines is 1. The number of benzene rings is 1. The average molecular weight is 284 g/mol. The van der Waals surface area contributed by atoms with Crippen molar-refractivity contribution in [3.8, 4) is 0 Å². The summed E-state index contributed by atoms with van der Waals surface area (Å²) in [6.07, 6.45) is 3.04. The fourth-order valence-electron chi connectivity index (χ4n) is 3.78. The van der Waals surface area contributed by atoms with Gasteiger partial charge < -0.3 is 19.5 Å². The van der Waals surface area contributed by atoms with E-state index >= 15 is 0 Å². The summed E-state index contributed by atoms with van der Waals surface area (Å²) in [6, 6.07) is 7.61. The first kappa shape index (κ1) is 12.6. The van der Waals surface area contributed by atoms with Crippen LogP contribution in [0.3, 0.4) is 0 Å². The van der Waals surface area contributed by atoms with Gasteiger partial charge in [-0.15, -0.1) is 0 Å². The third-order valence-corrected chi connectivity index (χ3v) is 4.69. The zero-order valence-corrected chi connectivity index (χ0v) is 11.5. The van der Waals surface area contributed by atoms with Crippen LogP contribution in [-0.4, -0.2) is 30.1 Å². The van der Waals surface area contributed by atoms with Crippen LogP contribution in [0.25, 0.3) is 0 Å². The lowest BCUT2D eigenvalue weighted by atomic mass is 9.77. The number of rotatable bonds is 2. The zero-order valence-electron chi connectivity index (χ0n) is 11.5. The molecule has 3 heterocycles. The summed E-state index contributed by atoms with van der Waals surface area (Å²) in [7, 11) is 0. The van der Waals surface area contributed by atoms with E-state index in [1.807, 2.05) is 37.3 Å². The van der Waals surface area contributed by atoms with Crippen molar-refractivity contribution in [2.75, 3.05) is 11.4 Å². The minimum Gasteiger partial charge on any atom is -0.550 e. The van der Waals surface area contributed by atoms with Crippen molar-refractivity contribution in [2.24, 2.45) is 11.8 Å². The highest BCUT2D eigenvalue weighted by Gasteiger charge is 2.65.